The number of nitrogen functional groups attached to an aromatic ring is 1. The lowest BCUT2D eigenvalue weighted by Gasteiger charge is -2.31. The van der Waals surface area contributed by atoms with Crippen LogP contribution in [-0.2, 0) is 11.8 Å². The van der Waals surface area contributed by atoms with Crippen molar-refractivity contribution in [1.82, 2.24) is 24.4 Å². The summed E-state index contributed by atoms with van der Waals surface area (Å²) in [6.07, 6.45) is 3.17. The van der Waals surface area contributed by atoms with Crippen molar-refractivity contribution in [3.63, 3.8) is 0 Å². The molecule has 0 bridgehead atoms. The molecule has 1 aliphatic rings. The molecule has 2 N–H and O–H groups in total. The van der Waals surface area contributed by atoms with Gasteiger partial charge in [-0.1, -0.05) is 24.1 Å². The Kier molecular flexibility index (Phi) is 6.30. The zero-order chi connectivity index (χ0) is 25.2. The van der Waals surface area contributed by atoms with Gasteiger partial charge in [-0.3, -0.25) is 4.79 Å². The highest BCUT2D eigenvalue weighted by Crippen LogP contribution is 2.43. The molecule has 8 heteroatoms. The molecule has 1 saturated heterocycles. The summed E-state index contributed by atoms with van der Waals surface area (Å²) in [5.74, 6) is 7.20. The molecule has 0 spiro atoms. The van der Waals surface area contributed by atoms with E-state index in [0.29, 0.717) is 30.5 Å². The van der Waals surface area contributed by atoms with Crippen LogP contribution in [0.3, 0.4) is 0 Å². The maximum atomic E-state index is 12.3. The number of aromatic nitrogens is 4. The molecule has 4 heterocycles. The molecule has 0 unspecified atom stereocenters. The number of piperidine rings is 1. The number of aryl methyl sites for hydroxylation is 2. The Balaban J connectivity index is 1.51. The molecule has 182 valence electrons. The number of hydrogen-bond acceptors (Lipinski definition) is 6. The van der Waals surface area contributed by atoms with Gasteiger partial charge in [-0.25, -0.2) is 15.0 Å². The van der Waals surface area contributed by atoms with E-state index in [4.69, 9.17) is 10.5 Å². The normalized spacial score (nSPS) is 13.9. The summed E-state index contributed by atoms with van der Waals surface area (Å²) >= 11 is 0. The Bertz CT molecular complexity index is 1490. The Morgan fingerprint density at radius 1 is 1.11 bits per heavy atom. The molecule has 1 fully saturated rings. The average molecular weight is 481 g/mol. The van der Waals surface area contributed by atoms with E-state index in [-0.39, 0.29) is 11.8 Å². The van der Waals surface area contributed by atoms with Crippen LogP contribution in [0, 0.1) is 18.8 Å². The molecule has 0 saturated carbocycles. The fourth-order valence-corrected chi connectivity index (χ4v) is 4.99. The van der Waals surface area contributed by atoms with Crippen molar-refractivity contribution in [2.45, 2.75) is 32.6 Å². The van der Waals surface area contributed by atoms with Gasteiger partial charge in [0.25, 0.3) is 5.91 Å². The zero-order valence-corrected chi connectivity index (χ0v) is 20.7. The van der Waals surface area contributed by atoms with Crippen LogP contribution in [0.1, 0.15) is 37.1 Å². The highest BCUT2D eigenvalue weighted by molar-refractivity contribution is 6.02. The standard InChI is InChI=1S/C28H28N6O2/c1-4-6-23(35)34-15-13-20(14-16-34)26-24(25-27(29)30-17-31-28(25)33(26)3)19-9-11-21(12-10-19)36-22-8-5-7-18(2)32-22/h5,7-12,17,20H,13-16H2,1-3H3,(H2,29,30,31). The second-order valence-corrected chi connectivity index (χ2v) is 8.96. The molecule has 0 radical (unpaired) electrons. The molecule has 36 heavy (non-hydrogen) atoms. The first-order valence-electron chi connectivity index (χ1n) is 12.0. The molecule has 1 aliphatic heterocycles. The van der Waals surface area contributed by atoms with Gasteiger partial charge in [-0.05, 0) is 56.4 Å². The van der Waals surface area contributed by atoms with Crippen molar-refractivity contribution in [1.29, 1.82) is 0 Å². The van der Waals surface area contributed by atoms with Crippen molar-refractivity contribution in [3.05, 3.63) is 60.2 Å². The van der Waals surface area contributed by atoms with E-state index in [1.807, 2.05) is 61.3 Å². The van der Waals surface area contributed by atoms with Crippen LogP contribution in [0.5, 0.6) is 11.6 Å². The van der Waals surface area contributed by atoms with Gasteiger partial charge in [0.05, 0.1) is 5.39 Å². The van der Waals surface area contributed by atoms with Crippen LogP contribution in [-0.4, -0.2) is 43.4 Å². The number of ether oxygens (including phenoxy) is 1. The lowest BCUT2D eigenvalue weighted by atomic mass is 9.88. The van der Waals surface area contributed by atoms with Crippen LogP contribution in [0.15, 0.2) is 48.8 Å². The summed E-state index contributed by atoms with van der Waals surface area (Å²) < 4.78 is 8.08. The van der Waals surface area contributed by atoms with Crippen LogP contribution in [0.4, 0.5) is 5.82 Å². The predicted molar refractivity (Wildman–Crippen MR) is 139 cm³/mol. The first-order valence-corrected chi connectivity index (χ1v) is 12.0. The highest BCUT2D eigenvalue weighted by Gasteiger charge is 2.30. The van der Waals surface area contributed by atoms with Gasteiger partial charge in [-0.2, -0.15) is 0 Å². The van der Waals surface area contributed by atoms with E-state index in [1.165, 1.54) is 6.33 Å². The molecular weight excluding hydrogens is 452 g/mol. The summed E-state index contributed by atoms with van der Waals surface area (Å²) in [6.45, 7) is 4.95. The molecule has 4 aromatic rings. The highest BCUT2D eigenvalue weighted by atomic mass is 16.5. The minimum atomic E-state index is -0.109. The summed E-state index contributed by atoms with van der Waals surface area (Å²) in [6, 6.07) is 13.6. The maximum Gasteiger partial charge on any atom is 0.298 e. The smallest absolute Gasteiger partial charge is 0.298 e. The van der Waals surface area contributed by atoms with Gasteiger partial charge in [0.2, 0.25) is 5.88 Å². The lowest BCUT2D eigenvalue weighted by molar-refractivity contribution is -0.126. The van der Waals surface area contributed by atoms with Crippen LogP contribution in [0.25, 0.3) is 22.2 Å². The molecule has 3 aromatic heterocycles. The van der Waals surface area contributed by atoms with E-state index >= 15 is 0 Å². The summed E-state index contributed by atoms with van der Waals surface area (Å²) in [5, 5.41) is 0.847. The van der Waals surface area contributed by atoms with Crippen molar-refractivity contribution in [2.24, 2.45) is 7.05 Å². The summed E-state index contributed by atoms with van der Waals surface area (Å²) in [7, 11) is 2.02. The molecule has 8 nitrogen and oxygen atoms in total. The number of carbonyl (C=O) groups is 1. The Hall–Kier alpha value is -4.38. The number of amides is 1. The van der Waals surface area contributed by atoms with Gasteiger partial charge in [0, 0.05) is 49.1 Å². The number of pyridine rings is 1. The lowest BCUT2D eigenvalue weighted by Crippen LogP contribution is -2.37. The fraction of sp³-hybridized carbons (Fsp3) is 0.286. The maximum absolute atomic E-state index is 12.3. The van der Waals surface area contributed by atoms with Gasteiger partial charge >= 0.3 is 0 Å². The SMILES string of the molecule is CC#CC(=O)N1CCC(c2c(-c3ccc(Oc4cccc(C)n4)cc3)c3c(N)ncnc3n2C)CC1. The van der Waals surface area contributed by atoms with Crippen molar-refractivity contribution >= 4 is 22.8 Å². The van der Waals surface area contributed by atoms with Crippen LogP contribution >= 0.6 is 0 Å². The van der Waals surface area contributed by atoms with Gasteiger partial charge in [0.1, 0.15) is 23.5 Å². The third kappa shape index (κ3) is 4.36. The number of nitrogens with two attached hydrogens (primary N) is 1. The predicted octanol–water partition coefficient (Wildman–Crippen LogP) is 4.44. The van der Waals surface area contributed by atoms with Crippen molar-refractivity contribution < 1.29 is 9.53 Å². The van der Waals surface area contributed by atoms with Crippen LogP contribution < -0.4 is 10.5 Å². The Morgan fingerprint density at radius 3 is 2.56 bits per heavy atom. The van der Waals surface area contributed by atoms with E-state index in [2.05, 4.69) is 31.4 Å². The molecule has 5 rings (SSSR count). The van der Waals surface area contributed by atoms with E-state index in [9.17, 15) is 4.79 Å². The summed E-state index contributed by atoms with van der Waals surface area (Å²) in [4.78, 5) is 27.3. The number of likely N-dealkylation sites (tertiary alicyclic amines) is 1. The first kappa shape index (κ1) is 23.4. The topological polar surface area (TPSA) is 99.2 Å². The second-order valence-electron chi connectivity index (χ2n) is 8.96. The molecule has 1 amide bonds. The van der Waals surface area contributed by atoms with E-state index in [1.54, 1.807) is 6.92 Å². The Labute approximate surface area is 210 Å². The largest absolute Gasteiger partial charge is 0.439 e. The quantitative estimate of drug-likeness (QED) is 0.434. The number of benzene rings is 1. The summed E-state index contributed by atoms with van der Waals surface area (Å²) in [5.41, 5.74) is 11.3. The number of hydrogen-bond donors (Lipinski definition) is 1. The Morgan fingerprint density at radius 2 is 1.86 bits per heavy atom. The van der Waals surface area contributed by atoms with Gasteiger partial charge in [-0.15, -0.1) is 0 Å². The monoisotopic (exact) mass is 480 g/mol. The fourth-order valence-electron chi connectivity index (χ4n) is 4.99. The number of nitrogens with zero attached hydrogens (tertiary/aromatic N) is 5. The van der Waals surface area contributed by atoms with E-state index in [0.717, 1.165) is 46.4 Å². The van der Waals surface area contributed by atoms with Gasteiger partial charge < -0.3 is 19.9 Å². The zero-order valence-electron chi connectivity index (χ0n) is 20.7. The average Bonchev–Trinajstić information content (AvgIpc) is 3.18. The molecule has 1 aromatic carbocycles. The minimum Gasteiger partial charge on any atom is -0.439 e. The molecular formula is C28H28N6O2. The first-order chi connectivity index (χ1) is 17.5. The second kappa shape index (κ2) is 9.70. The van der Waals surface area contributed by atoms with Crippen molar-refractivity contribution in [2.75, 3.05) is 18.8 Å². The molecule has 0 aliphatic carbocycles. The third-order valence-electron chi connectivity index (χ3n) is 6.67. The third-order valence-corrected chi connectivity index (χ3v) is 6.67. The van der Waals surface area contributed by atoms with Crippen molar-refractivity contribution in [3.8, 4) is 34.6 Å². The van der Waals surface area contributed by atoms with Crippen LogP contribution in [0.2, 0.25) is 0 Å². The number of rotatable bonds is 4. The van der Waals surface area contributed by atoms with Gasteiger partial charge in [0.15, 0.2) is 0 Å². The minimum absolute atomic E-state index is 0.109. The molecule has 0 atom stereocenters. The number of fused-ring (bicyclic) bond motifs is 1. The van der Waals surface area contributed by atoms with E-state index < -0.39 is 0 Å². The number of anilines is 1. The number of carbonyl (C=O) groups excluding carboxylic acids is 1.